The summed E-state index contributed by atoms with van der Waals surface area (Å²) in [5, 5.41) is 0. The van der Waals surface area contributed by atoms with Crippen LogP contribution in [0.3, 0.4) is 0 Å². The smallest absolute Gasteiger partial charge is 0.230 e. The van der Waals surface area contributed by atoms with E-state index in [0.29, 0.717) is 31.4 Å². The highest BCUT2D eigenvalue weighted by Crippen LogP contribution is 2.41. The van der Waals surface area contributed by atoms with Crippen LogP contribution in [0.2, 0.25) is 0 Å². The number of hydrogen-bond donors (Lipinski definition) is 0. The van der Waals surface area contributed by atoms with Gasteiger partial charge in [-0.3, -0.25) is 9.59 Å². The lowest BCUT2D eigenvalue weighted by atomic mass is 9.77. The number of amides is 2. The van der Waals surface area contributed by atoms with Crippen molar-refractivity contribution in [2.75, 3.05) is 39.9 Å². The lowest BCUT2D eigenvalue weighted by Gasteiger charge is -2.41. The fourth-order valence-electron chi connectivity index (χ4n) is 4.82. The Morgan fingerprint density at radius 3 is 2.71 bits per heavy atom. The summed E-state index contributed by atoms with van der Waals surface area (Å²) in [6, 6.07) is 0. The van der Waals surface area contributed by atoms with Gasteiger partial charge in [0.15, 0.2) is 0 Å². The van der Waals surface area contributed by atoms with E-state index in [0.717, 1.165) is 38.9 Å². The largest absolute Gasteiger partial charge is 0.384 e. The van der Waals surface area contributed by atoms with Crippen LogP contribution >= 0.6 is 0 Å². The van der Waals surface area contributed by atoms with Crippen LogP contribution in [-0.4, -0.2) is 61.5 Å². The molecule has 136 valence electrons. The van der Waals surface area contributed by atoms with Gasteiger partial charge in [0, 0.05) is 33.3 Å². The molecule has 24 heavy (non-hydrogen) atoms. The van der Waals surface area contributed by atoms with Gasteiger partial charge in [-0.1, -0.05) is 19.3 Å². The molecule has 3 aliphatic rings. The Labute approximate surface area is 145 Å². The number of rotatable bonds is 5. The molecule has 2 amide bonds. The molecular weight excluding hydrogens is 304 g/mol. The maximum Gasteiger partial charge on any atom is 0.230 e. The summed E-state index contributed by atoms with van der Waals surface area (Å²) in [6.07, 6.45) is 9.83. The van der Waals surface area contributed by atoms with Gasteiger partial charge < -0.3 is 14.5 Å². The van der Waals surface area contributed by atoms with Crippen molar-refractivity contribution in [3.8, 4) is 0 Å². The first-order chi connectivity index (χ1) is 11.6. The molecule has 5 nitrogen and oxygen atoms in total. The van der Waals surface area contributed by atoms with E-state index in [9.17, 15) is 9.59 Å². The van der Waals surface area contributed by atoms with E-state index in [-0.39, 0.29) is 11.3 Å². The molecule has 0 bridgehead atoms. The predicted molar refractivity (Wildman–Crippen MR) is 92.5 cm³/mol. The molecule has 0 N–H and O–H groups in total. The van der Waals surface area contributed by atoms with Gasteiger partial charge in [-0.15, -0.1) is 0 Å². The van der Waals surface area contributed by atoms with Crippen LogP contribution in [-0.2, 0) is 14.3 Å². The molecule has 2 aliphatic heterocycles. The fraction of sp³-hybridized carbons (Fsp3) is 0.895. The number of carbonyl (C=O) groups excluding carboxylic acids is 2. The topological polar surface area (TPSA) is 49.9 Å². The molecule has 2 saturated heterocycles. The quantitative estimate of drug-likeness (QED) is 0.775. The van der Waals surface area contributed by atoms with E-state index < -0.39 is 0 Å². The molecule has 0 aromatic heterocycles. The van der Waals surface area contributed by atoms with Gasteiger partial charge in [0.2, 0.25) is 11.8 Å². The van der Waals surface area contributed by atoms with Crippen molar-refractivity contribution in [2.45, 2.75) is 57.8 Å². The SMILES string of the molecule is COCCC(=O)N1CC[C@@]2(CCCN(CC3CCCCC3)C2=O)C1. The number of likely N-dealkylation sites (tertiary alicyclic amines) is 2. The molecular formula is C19H32N2O3. The van der Waals surface area contributed by atoms with Gasteiger partial charge in [0.25, 0.3) is 0 Å². The first kappa shape index (κ1) is 17.7. The molecule has 5 heteroatoms. The lowest BCUT2D eigenvalue weighted by Crippen LogP contribution is -2.51. The average molecular weight is 336 g/mol. The second-order valence-corrected chi connectivity index (χ2v) is 7.95. The predicted octanol–water partition coefficient (Wildman–Crippen LogP) is 2.44. The van der Waals surface area contributed by atoms with E-state index in [4.69, 9.17) is 4.74 Å². The van der Waals surface area contributed by atoms with Crippen LogP contribution in [0.4, 0.5) is 0 Å². The van der Waals surface area contributed by atoms with Crippen molar-refractivity contribution in [1.82, 2.24) is 9.80 Å². The van der Waals surface area contributed by atoms with E-state index in [1.807, 2.05) is 4.90 Å². The van der Waals surface area contributed by atoms with Crippen LogP contribution in [0, 0.1) is 11.3 Å². The van der Waals surface area contributed by atoms with Crippen LogP contribution in [0.5, 0.6) is 0 Å². The summed E-state index contributed by atoms with van der Waals surface area (Å²) < 4.78 is 5.01. The highest BCUT2D eigenvalue weighted by Gasteiger charge is 2.49. The fourth-order valence-corrected chi connectivity index (χ4v) is 4.82. The van der Waals surface area contributed by atoms with Crippen molar-refractivity contribution >= 4 is 11.8 Å². The number of ether oxygens (including phenoxy) is 1. The van der Waals surface area contributed by atoms with Gasteiger partial charge in [0.1, 0.15) is 0 Å². The van der Waals surface area contributed by atoms with Gasteiger partial charge in [-0.25, -0.2) is 0 Å². The Bertz CT molecular complexity index is 462. The van der Waals surface area contributed by atoms with Crippen molar-refractivity contribution in [2.24, 2.45) is 11.3 Å². The molecule has 1 atom stereocenters. The monoisotopic (exact) mass is 336 g/mol. The molecule has 0 aromatic rings. The maximum atomic E-state index is 13.2. The minimum absolute atomic E-state index is 0.130. The summed E-state index contributed by atoms with van der Waals surface area (Å²) in [7, 11) is 1.62. The number of nitrogens with zero attached hydrogens (tertiary/aromatic N) is 2. The van der Waals surface area contributed by atoms with Gasteiger partial charge in [-0.05, 0) is 38.0 Å². The number of piperidine rings is 1. The average Bonchev–Trinajstić information content (AvgIpc) is 3.03. The molecule has 1 aliphatic carbocycles. The first-order valence-electron chi connectivity index (χ1n) is 9.71. The maximum absolute atomic E-state index is 13.2. The van der Waals surface area contributed by atoms with E-state index >= 15 is 0 Å². The minimum Gasteiger partial charge on any atom is -0.384 e. The van der Waals surface area contributed by atoms with E-state index in [1.54, 1.807) is 7.11 Å². The van der Waals surface area contributed by atoms with Gasteiger partial charge in [0.05, 0.1) is 18.4 Å². The highest BCUT2D eigenvalue weighted by atomic mass is 16.5. The van der Waals surface area contributed by atoms with Crippen LogP contribution in [0.1, 0.15) is 57.8 Å². The summed E-state index contributed by atoms with van der Waals surface area (Å²) in [5.74, 6) is 1.14. The van der Waals surface area contributed by atoms with Crippen LogP contribution in [0.25, 0.3) is 0 Å². The number of hydrogen-bond acceptors (Lipinski definition) is 3. The third-order valence-corrected chi connectivity index (χ3v) is 6.25. The van der Waals surface area contributed by atoms with E-state index in [2.05, 4.69) is 4.90 Å². The van der Waals surface area contributed by atoms with Crippen molar-refractivity contribution in [1.29, 1.82) is 0 Å². The zero-order chi connectivity index (χ0) is 17.0. The standard InChI is InChI=1S/C19H32N2O3/c1-24-13-8-17(22)21-12-10-19(15-21)9-5-11-20(18(19)23)14-16-6-3-2-4-7-16/h16H,2-15H2,1H3/t19-/m0/s1. The molecule has 2 heterocycles. The molecule has 0 unspecified atom stereocenters. The zero-order valence-corrected chi connectivity index (χ0v) is 15.1. The lowest BCUT2D eigenvalue weighted by molar-refractivity contribution is -0.147. The third-order valence-electron chi connectivity index (χ3n) is 6.25. The Balaban J connectivity index is 1.59. The van der Waals surface area contributed by atoms with Crippen molar-refractivity contribution in [3.05, 3.63) is 0 Å². The zero-order valence-electron chi connectivity index (χ0n) is 15.1. The minimum atomic E-state index is -0.296. The summed E-state index contributed by atoms with van der Waals surface area (Å²) in [5.41, 5.74) is -0.296. The Hall–Kier alpha value is -1.10. The molecule has 3 fully saturated rings. The Morgan fingerprint density at radius 1 is 1.17 bits per heavy atom. The molecule has 1 spiro atoms. The summed E-state index contributed by atoms with van der Waals surface area (Å²) >= 11 is 0. The normalized spacial score (nSPS) is 28.8. The third kappa shape index (κ3) is 3.76. The number of carbonyl (C=O) groups is 2. The molecule has 0 radical (unpaired) electrons. The second kappa shape index (κ2) is 7.85. The van der Waals surface area contributed by atoms with Gasteiger partial charge >= 0.3 is 0 Å². The second-order valence-electron chi connectivity index (χ2n) is 7.95. The van der Waals surface area contributed by atoms with Crippen molar-refractivity contribution < 1.29 is 14.3 Å². The Morgan fingerprint density at radius 2 is 1.96 bits per heavy atom. The Kier molecular flexibility index (Phi) is 5.80. The molecule has 3 rings (SSSR count). The molecule has 0 aromatic carbocycles. The van der Waals surface area contributed by atoms with Crippen LogP contribution < -0.4 is 0 Å². The van der Waals surface area contributed by atoms with Crippen molar-refractivity contribution in [3.63, 3.8) is 0 Å². The molecule has 1 saturated carbocycles. The number of methoxy groups -OCH3 is 1. The van der Waals surface area contributed by atoms with Gasteiger partial charge in [-0.2, -0.15) is 0 Å². The first-order valence-corrected chi connectivity index (χ1v) is 9.71. The van der Waals surface area contributed by atoms with E-state index in [1.165, 1.54) is 32.1 Å². The highest BCUT2D eigenvalue weighted by molar-refractivity contribution is 5.86. The van der Waals surface area contributed by atoms with Crippen LogP contribution in [0.15, 0.2) is 0 Å². The summed E-state index contributed by atoms with van der Waals surface area (Å²) in [6.45, 7) is 3.66. The summed E-state index contributed by atoms with van der Waals surface area (Å²) in [4.78, 5) is 29.4.